The van der Waals surface area contributed by atoms with E-state index in [4.69, 9.17) is 5.11 Å². The van der Waals surface area contributed by atoms with Gasteiger partial charge in [0, 0.05) is 37.1 Å². The number of unbranched alkanes of at least 4 members (excludes halogenated alkanes) is 1. The van der Waals surface area contributed by atoms with E-state index in [0.717, 1.165) is 25.7 Å². The number of hydrogen-bond acceptors (Lipinski definition) is 4. The van der Waals surface area contributed by atoms with Crippen LogP contribution in [0.4, 0.5) is 10.1 Å². The molecule has 1 amide bonds. The number of benzene rings is 1. The summed E-state index contributed by atoms with van der Waals surface area (Å²) in [5.41, 5.74) is 0.320. The maximum atomic E-state index is 14.7. The second-order valence-corrected chi connectivity index (χ2v) is 7.63. The predicted octanol–water partition coefficient (Wildman–Crippen LogP) is 4.31. The van der Waals surface area contributed by atoms with Crippen LogP contribution in [0, 0.1) is 5.82 Å². The topological polar surface area (TPSA) is 100 Å². The van der Waals surface area contributed by atoms with Crippen molar-refractivity contribution in [3.8, 4) is 0 Å². The molecule has 0 spiro atoms. The molecule has 0 atom stereocenters. The lowest BCUT2D eigenvalue weighted by Gasteiger charge is -2.22. The largest absolute Gasteiger partial charge is 0.481 e. The fourth-order valence-electron chi connectivity index (χ4n) is 3.59. The van der Waals surface area contributed by atoms with Gasteiger partial charge in [-0.25, -0.2) is 4.39 Å². The minimum atomic E-state index is -0.949. The van der Waals surface area contributed by atoms with Crippen molar-refractivity contribution < 1.29 is 19.1 Å². The van der Waals surface area contributed by atoms with E-state index < -0.39 is 23.1 Å². The number of carbonyl (C=O) groups excluding carboxylic acids is 1. The Morgan fingerprint density at radius 3 is 2.45 bits per heavy atom. The number of carboxylic acids is 1. The second kappa shape index (κ2) is 11.5. The monoisotopic (exact) mass is 433 g/mol. The second-order valence-electron chi connectivity index (χ2n) is 7.63. The number of nitrogens with zero attached hydrogens (tertiary/aromatic N) is 1. The number of aliphatic carboxylic acids is 1. The molecule has 0 aliphatic heterocycles. The molecule has 0 fully saturated rings. The Kier molecular flexibility index (Phi) is 9.03. The van der Waals surface area contributed by atoms with Gasteiger partial charge in [0.1, 0.15) is 11.4 Å². The van der Waals surface area contributed by atoms with Crippen molar-refractivity contribution >= 4 is 28.5 Å². The van der Waals surface area contributed by atoms with Gasteiger partial charge < -0.3 is 20.3 Å². The Labute approximate surface area is 181 Å². The molecule has 1 aromatic carbocycles. The van der Waals surface area contributed by atoms with E-state index in [-0.39, 0.29) is 36.4 Å². The quantitative estimate of drug-likeness (QED) is 0.433. The van der Waals surface area contributed by atoms with Crippen LogP contribution in [0.1, 0.15) is 75.7 Å². The lowest BCUT2D eigenvalue weighted by Crippen LogP contribution is -2.31. The summed E-state index contributed by atoms with van der Waals surface area (Å²) in [6, 6.07) is 2.89. The lowest BCUT2D eigenvalue weighted by molar-refractivity contribution is -0.137. The summed E-state index contributed by atoms with van der Waals surface area (Å²) in [6.45, 7) is 6.87. The van der Waals surface area contributed by atoms with Crippen molar-refractivity contribution in [2.75, 3.05) is 18.4 Å². The number of hydrogen-bond donors (Lipinski definition) is 3. The number of halogens is 1. The standard InChI is InChI=1S/C23H32FN3O4/c1-4-7-10-25-19-13-20-16(12-18(19)24)22(30)17(14-27(20)15(5-2)6-3)23(31)26-11-8-9-21(28)29/h12-15,25H,4-11H2,1-3H3,(H,26,31)(H,28,29). The molecule has 3 N–H and O–H groups in total. The lowest BCUT2D eigenvalue weighted by atomic mass is 10.1. The van der Waals surface area contributed by atoms with Gasteiger partial charge in [-0.3, -0.25) is 14.4 Å². The van der Waals surface area contributed by atoms with Gasteiger partial charge in [-0.2, -0.15) is 0 Å². The maximum absolute atomic E-state index is 14.7. The zero-order valence-electron chi connectivity index (χ0n) is 18.5. The molecule has 0 saturated carbocycles. The molecule has 0 saturated heterocycles. The van der Waals surface area contributed by atoms with Crippen LogP contribution in [0.25, 0.3) is 10.9 Å². The molecule has 1 heterocycles. The molecule has 0 bridgehead atoms. The molecule has 7 nitrogen and oxygen atoms in total. The number of carboxylic acid groups (broad SMARTS) is 1. The number of rotatable bonds is 12. The number of carbonyl (C=O) groups is 2. The van der Waals surface area contributed by atoms with E-state index in [0.29, 0.717) is 17.7 Å². The highest BCUT2D eigenvalue weighted by atomic mass is 19.1. The molecule has 0 aliphatic carbocycles. The minimum Gasteiger partial charge on any atom is -0.481 e. The minimum absolute atomic E-state index is 0.0376. The average molecular weight is 434 g/mol. The fraction of sp³-hybridized carbons (Fsp3) is 0.522. The molecular weight excluding hydrogens is 401 g/mol. The summed E-state index contributed by atoms with van der Waals surface area (Å²) in [6.07, 6.45) is 5.17. The van der Waals surface area contributed by atoms with Gasteiger partial charge in [0.25, 0.3) is 5.91 Å². The Morgan fingerprint density at radius 2 is 1.84 bits per heavy atom. The molecule has 31 heavy (non-hydrogen) atoms. The van der Waals surface area contributed by atoms with Crippen molar-refractivity contribution in [2.45, 2.75) is 65.3 Å². The van der Waals surface area contributed by atoms with E-state index in [9.17, 15) is 18.8 Å². The number of nitrogens with one attached hydrogen (secondary N) is 2. The number of amides is 1. The molecule has 0 unspecified atom stereocenters. The van der Waals surface area contributed by atoms with Crippen molar-refractivity contribution in [1.82, 2.24) is 9.88 Å². The first kappa shape index (κ1) is 24.4. The Bertz CT molecular complexity index is 983. The first-order valence-corrected chi connectivity index (χ1v) is 11.0. The zero-order chi connectivity index (χ0) is 23.0. The molecule has 0 radical (unpaired) electrons. The predicted molar refractivity (Wildman–Crippen MR) is 120 cm³/mol. The van der Waals surface area contributed by atoms with Crippen LogP contribution in [-0.4, -0.2) is 34.6 Å². The van der Waals surface area contributed by atoms with Gasteiger partial charge in [0.2, 0.25) is 5.43 Å². The third-order valence-electron chi connectivity index (χ3n) is 5.40. The van der Waals surface area contributed by atoms with Gasteiger partial charge in [-0.05, 0) is 37.8 Å². The van der Waals surface area contributed by atoms with Gasteiger partial charge in [0.05, 0.1) is 11.2 Å². The van der Waals surface area contributed by atoms with Gasteiger partial charge in [0.15, 0.2) is 0 Å². The molecule has 170 valence electrons. The van der Waals surface area contributed by atoms with Crippen molar-refractivity contribution in [3.05, 3.63) is 39.9 Å². The van der Waals surface area contributed by atoms with Gasteiger partial charge in [-0.15, -0.1) is 0 Å². The summed E-state index contributed by atoms with van der Waals surface area (Å²) < 4.78 is 16.6. The third-order valence-corrected chi connectivity index (χ3v) is 5.40. The van der Waals surface area contributed by atoms with Crippen LogP contribution < -0.4 is 16.1 Å². The van der Waals surface area contributed by atoms with Crippen LogP contribution in [0.3, 0.4) is 0 Å². The highest BCUT2D eigenvalue weighted by Gasteiger charge is 2.20. The zero-order valence-corrected chi connectivity index (χ0v) is 18.5. The summed E-state index contributed by atoms with van der Waals surface area (Å²) in [5.74, 6) is -2.06. The molecule has 1 aromatic heterocycles. The number of fused-ring (bicyclic) bond motifs is 1. The first-order valence-electron chi connectivity index (χ1n) is 11.0. The van der Waals surface area contributed by atoms with E-state index in [2.05, 4.69) is 17.6 Å². The van der Waals surface area contributed by atoms with Crippen LogP contribution in [0.2, 0.25) is 0 Å². The van der Waals surface area contributed by atoms with Gasteiger partial charge >= 0.3 is 5.97 Å². The normalized spacial score (nSPS) is 11.1. The Hall–Kier alpha value is -2.90. The van der Waals surface area contributed by atoms with E-state index in [1.165, 1.54) is 6.07 Å². The number of pyridine rings is 1. The third kappa shape index (κ3) is 6.06. The highest BCUT2D eigenvalue weighted by Crippen LogP contribution is 2.26. The Morgan fingerprint density at radius 1 is 1.13 bits per heavy atom. The molecule has 0 aliphatic rings. The van der Waals surface area contributed by atoms with Crippen LogP contribution in [0.5, 0.6) is 0 Å². The molecule has 8 heteroatoms. The van der Waals surface area contributed by atoms with E-state index in [1.54, 1.807) is 12.3 Å². The smallest absolute Gasteiger partial charge is 0.303 e. The maximum Gasteiger partial charge on any atom is 0.303 e. The number of aromatic nitrogens is 1. The molecular formula is C23H32FN3O4. The fourth-order valence-corrected chi connectivity index (χ4v) is 3.59. The van der Waals surface area contributed by atoms with Crippen molar-refractivity contribution in [1.29, 1.82) is 0 Å². The SMILES string of the molecule is CCCCNc1cc2c(cc1F)c(=O)c(C(=O)NCCCC(=O)O)cn2C(CC)CC. The van der Waals surface area contributed by atoms with Gasteiger partial charge in [-0.1, -0.05) is 27.2 Å². The first-order chi connectivity index (χ1) is 14.8. The van der Waals surface area contributed by atoms with Crippen LogP contribution in [0.15, 0.2) is 23.1 Å². The van der Waals surface area contributed by atoms with Crippen LogP contribution >= 0.6 is 0 Å². The van der Waals surface area contributed by atoms with E-state index >= 15 is 0 Å². The summed E-state index contributed by atoms with van der Waals surface area (Å²) >= 11 is 0. The van der Waals surface area contributed by atoms with Crippen molar-refractivity contribution in [2.24, 2.45) is 0 Å². The summed E-state index contributed by atoms with van der Waals surface area (Å²) in [5, 5.41) is 14.6. The molecule has 2 aromatic rings. The number of anilines is 1. The Balaban J connectivity index is 2.51. The average Bonchev–Trinajstić information content (AvgIpc) is 2.74. The van der Waals surface area contributed by atoms with Crippen LogP contribution in [-0.2, 0) is 4.79 Å². The highest BCUT2D eigenvalue weighted by molar-refractivity contribution is 5.97. The van der Waals surface area contributed by atoms with E-state index in [1.807, 2.05) is 18.4 Å². The summed E-state index contributed by atoms with van der Waals surface area (Å²) in [7, 11) is 0. The summed E-state index contributed by atoms with van der Waals surface area (Å²) in [4.78, 5) is 36.3. The molecule has 2 rings (SSSR count). The van der Waals surface area contributed by atoms with Crippen molar-refractivity contribution in [3.63, 3.8) is 0 Å².